The van der Waals surface area contributed by atoms with Gasteiger partial charge in [0.2, 0.25) is 0 Å². The maximum atomic E-state index is 10.8. The topological polar surface area (TPSA) is 73.6 Å². The van der Waals surface area contributed by atoms with Crippen LogP contribution in [0.5, 0.6) is 0 Å². The molecule has 5 heteroatoms. The summed E-state index contributed by atoms with van der Waals surface area (Å²) in [6.45, 7) is 3.22. The molecule has 0 radical (unpaired) electrons. The molecule has 1 aliphatic heterocycles. The van der Waals surface area contributed by atoms with Crippen LogP contribution in [0, 0.1) is 5.92 Å². The molecule has 1 aromatic rings. The number of H-pyrrole nitrogens is 2. The van der Waals surface area contributed by atoms with Crippen molar-refractivity contribution in [3.63, 3.8) is 0 Å². The molecule has 0 amide bonds. The summed E-state index contributed by atoms with van der Waals surface area (Å²) in [6, 6.07) is 0.211. The number of aromatic nitrogens is 3. The van der Waals surface area contributed by atoms with E-state index in [0.29, 0.717) is 5.92 Å². The summed E-state index contributed by atoms with van der Waals surface area (Å²) in [6.07, 6.45) is 2.24. The van der Waals surface area contributed by atoms with Crippen molar-refractivity contribution in [2.45, 2.75) is 25.8 Å². The normalized spacial score (nSPS) is 29.0. The molecule has 72 valence electrons. The maximum absolute atomic E-state index is 10.8. The van der Waals surface area contributed by atoms with Gasteiger partial charge in [-0.25, -0.2) is 9.89 Å². The molecule has 3 N–H and O–H groups in total. The zero-order valence-corrected chi connectivity index (χ0v) is 7.63. The quantitative estimate of drug-likeness (QED) is 0.579. The number of nitrogens with one attached hydrogen (secondary N) is 3. The fourth-order valence-electron chi connectivity index (χ4n) is 1.76. The fraction of sp³-hybridized carbons (Fsp3) is 0.750. The predicted molar refractivity (Wildman–Crippen MR) is 48.4 cm³/mol. The molecule has 2 rings (SSSR count). The summed E-state index contributed by atoms with van der Waals surface area (Å²) in [5, 5.41) is 9.62. The van der Waals surface area contributed by atoms with Crippen LogP contribution in [0.3, 0.4) is 0 Å². The van der Waals surface area contributed by atoms with Crippen molar-refractivity contribution in [2.75, 3.05) is 6.54 Å². The van der Waals surface area contributed by atoms with Crippen LogP contribution in [0.25, 0.3) is 0 Å². The van der Waals surface area contributed by atoms with Crippen molar-refractivity contribution in [1.82, 2.24) is 20.5 Å². The standard InChI is InChI=1S/C8H14N4O/c1-5-2-3-9-6(4-5)7-10-8(13)12-11-7/h5-6,9H,2-4H2,1H3,(H2,10,11,12,13). The number of nitrogens with zero attached hydrogens (tertiary/aromatic N) is 1. The molecule has 13 heavy (non-hydrogen) atoms. The van der Waals surface area contributed by atoms with Crippen molar-refractivity contribution < 1.29 is 0 Å². The van der Waals surface area contributed by atoms with Gasteiger partial charge in [0.15, 0.2) is 0 Å². The number of aromatic amines is 2. The van der Waals surface area contributed by atoms with Crippen LogP contribution in [0.4, 0.5) is 0 Å². The fourth-order valence-corrected chi connectivity index (χ4v) is 1.76. The van der Waals surface area contributed by atoms with E-state index >= 15 is 0 Å². The molecular weight excluding hydrogens is 168 g/mol. The van der Waals surface area contributed by atoms with Crippen LogP contribution in [-0.2, 0) is 0 Å². The first kappa shape index (κ1) is 8.50. The van der Waals surface area contributed by atoms with E-state index < -0.39 is 0 Å². The second kappa shape index (κ2) is 3.33. The predicted octanol–water partition coefficient (Wildman–Crippen LogP) is 0.159. The summed E-state index contributed by atoms with van der Waals surface area (Å²) in [5.74, 6) is 1.43. The first-order chi connectivity index (χ1) is 6.25. The summed E-state index contributed by atoms with van der Waals surface area (Å²) < 4.78 is 0. The van der Waals surface area contributed by atoms with Crippen LogP contribution >= 0.6 is 0 Å². The lowest BCUT2D eigenvalue weighted by Gasteiger charge is -2.26. The minimum absolute atomic E-state index is 0.211. The maximum Gasteiger partial charge on any atom is 0.340 e. The molecule has 0 saturated carbocycles. The summed E-state index contributed by atoms with van der Waals surface area (Å²) in [7, 11) is 0. The molecule has 1 fully saturated rings. The van der Waals surface area contributed by atoms with Crippen LogP contribution in [-0.4, -0.2) is 21.7 Å². The van der Waals surface area contributed by atoms with Crippen molar-refractivity contribution in [3.8, 4) is 0 Å². The van der Waals surface area contributed by atoms with E-state index in [1.54, 1.807) is 0 Å². The largest absolute Gasteiger partial charge is 0.340 e. The highest BCUT2D eigenvalue weighted by Gasteiger charge is 2.21. The lowest BCUT2D eigenvalue weighted by atomic mass is 9.94. The molecule has 0 aromatic carbocycles. The highest BCUT2D eigenvalue weighted by Crippen LogP contribution is 2.23. The van der Waals surface area contributed by atoms with Gasteiger partial charge in [-0.2, -0.15) is 5.10 Å². The zero-order valence-electron chi connectivity index (χ0n) is 7.63. The first-order valence-electron chi connectivity index (χ1n) is 4.63. The molecule has 0 spiro atoms. The molecular formula is C8H14N4O. The number of rotatable bonds is 1. The van der Waals surface area contributed by atoms with Gasteiger partial charge < -0.3 is 5.32 Å². The molecule has 5 nitrogen and oxygen atoms in total. The van der Waals surface area contributed by atoms with E-state index in [-0.39, 0.29) is 11.7 Å². The monoisotopic (exact) mass is 182 g/mol. The SMILES string of the molecule is CC1CCNC(c2n[nH]c(=O)[nH]2)C1. The third kappa shape index (κ3) is 1.80. The molecule has 1 aliphatic rings. The van der Waals surface area contributed by atoms with Gasteiger partial charge in [0.1, 0.15) is 5.82 Å². The van der Waals surface area contributed by atoms with Gasteiger partial charge in [-0.1, -0.05) is 6.92 Å². The average Bonchev–Trinajstić information content (AvgIpc) is 2.52. The van der Waals surface area contributed by atoms with Gasteiger partial charge in [-0.3, -0.25) is 4.98 Å². The Morgan fingerprint density at radius 2 is 2.38 bits per heavy atom. The zero-order chi connectivity index (χ0) is 9.26. The Hall–Kier alpha value is -1.10. The van der Waals surface area contributed by atoms with Gasteiger partial charge in [0, 0.05) is 0 Å². The Morgan fingerprint density at radius 3 is 3.00 bits per heavy atom. The minimum atomic E-state index is -0.227. The van der Waals surface area contributed by atoms with Gasteiger partial charge >= 0.3 is 5.69 Å². The van der Waals surface area contributed by atoms with Gasteiger partial charge in [-0.15, -0.1) is 0 Å². The van der Waals surface area contributed by atoms with Gasteiger partial charge in [0.05, 0.1) is 6.04 Å². The van der Waals surface area contributed by atoms with Crippen molar-refractivity contribution in [1.29, 1.82) is 0 Å². The van der Waals surface area contributed by atoms with E-state index in [2.05, 4.69) is 27.4 Å². The van der Waals surface area contributed by atoms with Crippen LogP contribution in [0.15, 0.2) is 4.79 Å². The van der Waals surface area contributed by atoms with Crippen molar-refractivity contribution in [3.05, 3.63) is 16.3 Å². The molecule has 1 saturated heterocycles. The van der Waals surface area contributed by atoms with E-state index in [1.807, 2.05) is 0 Å². The Labute approximate surface area is 75.9 Å². The Morgan fingerprint density at radius 1 is 1.54 bits per heavy atom. The van der Waals surface area contributed by atoms with Gasteiger partial charge in [0.25, 0.3) is 0 Å². The second-order valence-electron chi connectivity index (χ2n) is 3.70. The number of hydrogen-bond donors (Lipinski definition) is 3. The van der Waals surface area contributed by atoms with E-state index in [1.165, 1.54) is 6.42 Å². The number of piperidine rings is 1. The van der Waals surface area contributed by atoms with Crippen molar-refractivity contribution >= 4 is 0 Å². The third-order valence-electron chi connectivity index (χ3n) is 2.52. The molecule has 1 aromatic heterocycles. The van der Waals surface area contributed by atoms with Crippen LogP contribution < -0.4 is 11.0 Å². The lowest BCUT2D eigenvalue weighted by Crippen LogP contribution is -2.31. The van der Waals surface area contributed by atoms with E-state index in [9.17, 15) is 4.79 Å². The molecule has 2 heterocycles. The Bertz CT molecular complexity index is 329. The highest BCUT2D eigenvalue weighted by molar-refractivity contribution is 4.94. The number of hydrogen-bond acceptors (Lipinski definition) is 3. The first-order valence-corrected chi connectivity index (χ1v) is 4.63. The molecule has 2 atom stereocenters. The van der Waals surface area contributed by atoms with Crippen LogP contribution in [0.2, 0.25) is 0 Å². The van der Waals surface area contributed by atoms with E-state index in [0.717, 1.165) is 18.8 Å². The summed E-state index contributed by atoms with van der Waals surface area (Å²) in [4.78, 5) is 13.5. The molecule has 0 aliphatic carbocycles. The van der Waals surface area contributed by atoms with E-state index in [4.69, 9.17) is 0 Å². The summed E-state index contributed by atoms with van der Waals surface area (Å²) in [5.41, 5.74) is -0.227. The Balaban J connectivity index is 2.12. The minimum Gasteiger partial charge on any atom is -0.307 e. The summed E-state index contributed by atoms with van der Waals surface area (Å²) >= 11 is 0. The van der Waals surface area contributed by atoms with Crippen LogP contribution in [0.1, 0.15) is 31.6 Å². The lowest BCUT2D eigenvalue weighted by molar-refractivity contribution is 0.316. The average molecular weight is 182 g/mol. The molecule has 2 unspecified atom stereocenters. The highest BCUT2D eigenvalue weighted by atomic mass is 16.1. The molecule has 0 bridgehead atoms. The Kier molecular flexibility index (Phi) is 2.18. The van der Waals surface area contributed by atoms with Crippen molar-refractivity contribution in [2.24, 2.45) is 5.92 Å². The third-order valence-corrected chi connectivity index (χ3v) is 2.52. The second-order valence-corrected chi connectivity index (χ2v) is 3.70. The smallest absolute Gasteiger partial charge is 0.307 e. The van der Waals surface area contributed by atoms with Gasteiger partial charge in [-0.05, 0) is 25.3 Å².